The summed E-state index contributed by atoms with van der Waals surface area (Å²) in [4.78, 5) is 35.3. The van der Waals surface area contributed by atoms with Gasteiger partial charge < -0.3 is 10.6 Å². The second-order valence-corrected chi connectivity index (χ2v) is 7.39. The first kappa shape index (κ1) is 19.3. The van der Waals surface area contributed by atoms with Crippen LogP contribution < -0.4 is 10.6 Å². The number of rotatable bonds is 8. The summed E-state index contributed by atoms with van der Waals surface area (Å²) >= 11 is 0. The summed E-state index contributed by atoms with van der Waals surface area (Å²) < 4.78 is 1.86. The van der Waals surface area contributed by atoms with Crippen LogP contribution in [0.2, 0.25) is 0 Å². The van der Waals surface area contributed by atoms with Crippen molar-refractivity contribution in [2.24, 2.45) is 5.92 Å². The molecule has 8 nitrogen and oxygen atoms in total. The van der Waals surface area contributed by atoms with Crippen LogP contribution in [0.1, 0.15) is 32.4 Å². The number of carbonyl (C=O) groups is 2. The molecular weight excluding hydrogens is 344 g/mol. The smallest absolute Gasteiger partial charge is 0.237 e. The second-order valence-electron chi connectivity index (χ2n) is 7.39. The van der Waals surface area contributed by atoms with Crippen molar-refractivity contribution in [3.05, 3.63) is 30.4 Å². The van der Waals surface area contributed by atoms with E-state index >= 15 is 0 Å². The van der Waals surface area contributed by atoms with Gasteiger partial charge in [-0.2, -0.15) is 0 Å². The summed E-state index contributed by atoms with van der Waals surface area (Å²) in [5, 5.41) is 5.79. The summed E-state index contributed by atoms with van der Waals surface area (Å²) in [7, 11) is 0. The predicted molar refractivity (Wildman–Crippen MR) is 102 cm³/mol. The number of nitrogens with zero attached hydrogens (tertiary/aromatic N) is 4. The van der Waals surface area contributed by atoms with Gasteiger partial charge in [0, 0.05) is 44.6 Å². The minimum absolute atomic E-state index is 0.0495. The van der Waals surface area contributed by atoms with E-state index in [1.807, 2.05) is 22.9 Å². The van der Waals surface area contributed by atoms with Crippen LogP contribution >= 0.6 is 0 Å². The zero-order valence-corrected chi connectivity index (χ0v) is 16.0. The first-order chi connectivity index (χ1) is 13.0. The van der Waals surface area contributed by atoms with Gasteiger partial charge >= 0.3 is 0 Å². The van der Waals surface area contributed by atoms with Crippen molar-refractivity contribution in [2.45, 2.75) is 39.2 Å². The molecule has 0 spiro atoms. The van der Waals surface area contributed by atoms with Gasteiger partial charge in [-0.15, -0.1) is 0 Å². The van der Waals surface area contributed by atoms with Gasteiger partial charge in [0.1, 0.15) is 0 Å². The number of fused-ring (bicyclic) bond motifs is 1. The Bertz CT molecular complexity index is 754. The number of carbonyl (C=O) groups excluding carboxylic acids is 2. The van der Waals surface area contributed by atoms with E-state index in [-0.39, 0.29) is 24.3 Å². The van der Waals surface area contributed by atoms with Crippen LogP contribution in [-0.2, 0) is 16.0 Å². The first-order valence-corrected chi connectivity index (χ1v) is 9.60. The maximum Gasteiger partial charge on any atom is 0.237 e. The van der Waals surface area contributed by atoms with Gasteiger partial charge in [0.05, 0.1) is 18.2 Å². The molecule has 1 unspecified atom stereocenters. The lowest BCUT2D eigenvalue weighted by atomic mass is 10.1. The van der Waals surface area contributed by atoms with Crippen molar-refractivity contribution in [3.63, 3.8) is 0 Å². The Morgan fingerprint density at radius 1 is 1.44 bits per heavy atom. The third-order valence-corrected chi connectivity index (χ3v) is 4.80. The topological polar surface area (TPSA) is 91.6 Å². The number of hydrogen-bond acceptors (Lipinski definition) is 5. The van der Waals surface area contributed by atoms with Gasteiger partial charge in [0.25, 0.3) is 0 Å². The van der Waals surface area contributed by atoms with Crippen LogP contribution in [0, 0.1) is 5.92 Å². The van der Waals surface area contributed by atoms with Gasteiger partial charge in [-0.3, -0.25) is 18.9 Å². The van der Waals surface area contributed by atoms with E-state index in [1.165, 1.54) is 0 Å². The summed E-state index contributed by atoms with van der Waals surface area (Å²) in [6, 6.07) is 1.47. The highest BCUT2D eigenvalue weighted by Gasteiger charge is 2.31. The van der Waals surface area contributed by atoms with Gasteiger partial charge in [0.15, 0.2) is 0 Å². The molecule has 0 bridgehead atoms. The maximum atomic E-state index is 12.3. The molecule has 3 heterocycles. The lowest BCUT2D eigenvalue weighted by Gasteiger charge is -2.35. The van der Waals surface area contributed by atoms with Crippen LogP contribution in [0.15, 0.2) is 24.7 Å². The summed E-state index contributed by atoms with van der Waals surface area (Å²) in [6.07, 6.45) is 7.35. The standard InChI is InChI=1S/C19H28N6O2/c1-14(2)5-10-24-11-8-21-18(27)16(24)12-17(26)20-7-4-15-13-25-9-3-6-22-19(25)23-15/h3,6,9,13-14,16H,4-5,7-8,10-12H2,1-2H3,(H,20,26)(H,21,27). The van der Waals surface area contributed by atoms with E-state index < -0.39 is 0 Å². The molecule has 1 fully saturated rings. The van der Waals surface area contributed by atoms with Crippen LogP contribution in [0.4, 0.5) is 0 Å². The quantitative estimate of drug-likeness (QED) is 0.709. The molecule has 27 heavy (non-hydrogen) atoms. The number of aromatic nitrogens is 3. The van der Waals surface area contributed by atoms with E-state index in [0.29, 0.717) is 31.2 Å². The monoisotopic (exact) mass is 372 g/mol. The Balaban J connectivity index is 1.48. The third-order valence-electron chi connectivity index (χ3n) is 4.80. The van der Waals surface area contributed by atoms with E-state index in [0.717, 1.165) is 25.2 Å². The predicted octanol–water partition coefficient (Wildman–Crippen LogP) is 0.625. The molecule has 3 rings (SSSR count). The van der Waals surface area contributed by atoms with E-state index in [9.17, 15) is 9.59 Å². The molecule has 1 aliphatic rings. The molecule has 1 aliphatic heterocycles. The number of amides is 2. The van der Waals surface area contributed by atoms with Crippen molar-refractivity contribution in [3.8, 4) is 0 Å². The molecule has 0 saturated carbocycles. The van der Waals surface area contributed by atoms with Crippen molar-refractivity contribution in [2.75, 3.05) is 26.2 Å². The van der Waals surface area contributed by atoms with Crippen molar-refractivity contribution in [1.29, 1.82) is 0 Å². The zero-order chi connectivity index (χ0) is 19.2. The Morgan fingerprint density at radius 2 is 2.30 bits per heavy atom. The third kappa shape index (κ3) is 5.26. The number of imidazole rings is 1. The highest BCUT2D eigenvalue weighted by molar-refractivity contribution is 5.88. The molecular formula is C19H28N6O2. The molecule has 146 valence electrons. The lowest BCUT2D eigenvalue weighted by Crippen LogP contribution is -2.56. The van der Waals surface area contributed by atoms with Crippen molar-refractivity contribution in [1.82, 2.24) is 29.9 Å². The van der Waals surface area contributed by atoms with Crippen LogP contribution in [-0.4, -0.2) is 63.3 Å². The average molecular weight is 372 g/mol. The summed E-state index contributed by atoms with van der Waals surface area (Å²) in [6.45, 7) is 7.11. The number of hydrogen-bond donors (Lipinski definition) is 2. The molecule has 2 amide bonds. The molecule has 0 aromatic carbocycles. The van der Waals surface area contributed by atoms with Gasteiger partial charge in [-0.05, 0) is 24.9 Å². The highest BCUT2D eigenvalue weighted by Crippen LogP contribution is 2.12. The van der Waals surface area contributed by atoms with Crippen LogP contribution in [0.25, 0.3) is 5.78 Å². The fourth-order valence-electron chi connectivity index (χ4n) is 3.25. The van der Waals surface area contributed by atoms with Crippen LogP contribution in [0.3, 0.4) is 0 Å². The van der Waals surface area contributed by atoms with E-state index in [4.69, 9.17) is 0 Å². The average Bonchev–Trinajstić information content (AvgIpc) is 3.05. The Morgan fingerprint density at radius 3 is 3.07 bits per heavy atom. The Hall–Kier alpha value is -2.48. The van der Waals surface area contributed by atoms with E-state index in [2.05, 4.69) is 39.3 Å². The van der Waals surface area contributed by atoms with E-state index in [1.54, 1.807) is 6.20 Å². The zero-order valence-electron chi connectivity index (χ0n) is 16.0. The van der Waals surface area contributed by atoms with Crippen LogP contribution in [0.5, 0.6) is 0 Å². The van der Waals surface area contributed by atoms with Gasteiger partial charge in [-0.1, -0.05) is 13.8 Å². The number of piperazine rings is 1. The second kappa shape index (κ2) is 8.94. The minimum Gasteiger partial charge on any atom is -0.356 e. The van der Waals surface area contributed by atoms with Crippen molar-refractivity contribution < 1.29 is 9.59 Å². The lowest BCUT2D eigenvalue weighted by molar-refractivity contribution is -0.134. The Kier molecular flexibility index (Phi) is 6.39. The summed E-state index contributed by atoms with van der Waals surface area (Å²) in [5.41, 5.74) is 0.878. The SMILES string of the molecule is CC(C)CCN1CCNC(=O)C1CC(=O)NCCc1cn2cccnc2n1. The fraction of sp³-hybridized carbons (Fsp3) is 0.579. The number of nitrogens with one attached hydrogen (secondary N) is 2. The maximum absolute atomic E-state index is 12.3. The molecule has 1 saturated heterocycles. The van der Waals surface area contributed by atoms with Crippen molar-refractivity contribution >= 4 is 17.6 Å². The normalized spacial score (nSPS) is 18.0. The fourth-order valence-corrected chi connectivity index (χ4v) is 3.25. The van der Waals surface area contributed by atoms with Gasteiger partial charge in [-0.25, -0.2) is 9.97 Å². The highest BCUT2D eigenvalue weighted by atomic mass is 16.2. The summed E-state index contributed by atoms with van der Waals surface area (Å²) in [5.74, 6) is 1.07. The molecule has 0 radical (unpaired) electrons. The molecule has 2 N–H and O–H groups in total. The molecule has 8 heteroatoms. The first-order valence-electron chi connectivity index (χ1n) is 9.60. The largest absolute Gasteiger partial charge is 0.356 e. The van der Waals surface area contributed by atoms with Gasteiger partial charge in [0.2, 0.25) is 17.6 Å². The Labute approximate surface area is 159 Å². The minimum atomic E-state index is -0.378. The molecule has 0 aliphatic carbocycles. The molecule has 2 aromatic heterocycles. The molecule has 2 aromatic rings. The molecule has 1 atom stereocenters.